The molecule has 4 unspecified atom stereocenters. The van der Waals surface area contributed by atoms with Gasteiger partial charge in [-0.25, -0.2) is 0 Å². The van der Waals surface area contributed by atoms with Gasteiger partial charge < -0.3 is 49.8 Å². The number of ether oxygens (including phenoxy) is 4. The van der Waals surface area contributed by atoms with Crippen LogP contribution in [0.5, 0.6) is 5.75 Å². The number of aliphatic hydroxyl groups excluding tert-OH is 5. The molecule has 0 aliphatic carbocycles. The Hall–Kier alpha value is -1.34. The van der Waals surface area contributed by atoms with E-state index < -0.39 is 31.0 Å². The zero-order valence-electron chi connectivity index (χ0n) is 17.4. The first kappa shape index (κ1) is 26.7. The van der Waals surface area contributed by atoms with Crippen LogP contribution in [0.25, 0.3) is 0 Å². The summed E-state index contributed by atoms with van der Waals surface area (Å²) in [4.78, 5) is 0. The Bertz CT molecular complexity index is 532. The molecule has 0 spiro atoms. The predicted molar refractivity (Wildman–Crippen MR) is 108 cm³/mol. The fourth-order valence-corrected chi connectivity index (χ4v) is 2.43. The maximum absolute atomic E-state index is 9.86. The average molecular weight is 433 g/mol. The van der Waals surface area contributed by atoms with E-state index in [1.807, 2.05) is 24.3 Å². The van der Waals surface area contributed by atoms with Crippen molar-refractivity contribution in [2.24, 2.45) is 0 Å². The third kappa shape index (κ3) is 11.2. The van der Waals surface area contributed by atoms with Crippen LogP contribution in [0.4, 0.5) is 0 Å². The normalized spacial score (nSPS) is 15.5. The number of benzene rings is 1. The minimum atomic E-state index is -1.63. The fraction of sp³-hybridized carbons (Fsp3) is 0.700. The van der Waals surface area contributed by atoms with Gasteiger partial charge >= 0.3 is 0 Å². The topological polar surface area (TPSA) is 150 Å². The molecule has 174 valence electrons. The predicted octanol–water partition coefficient (Wildman–Crippen LogP) is -1.73. The summed E-state index contributed by atoms with van der Waals surface area (Å²) in [5.74, 6) is 0.704. The highest BCUT2D eigenvalue weighted by atomic mass is 16.6. The molecule has 0 aliphatic rings. The molecule has 0 saturated heterocycles. The first-order valence-electron chi connectivity index (χ1n) is 9.89. The highest BCUT2D eigenvalue weighted by Crippen LogP contribution is 2.12. The van der Waals surface area contributed by atoms with Crippen LogP contribution in [0, 0.1) is 0 Å². The summed E-state index contributed by atoms with van der Waals surface area (Å²) in [5, 5.41) is 50.2. The maximum Gasteiger partial charge on any atom is 0.119 e. The summed E-state index contributed by atoms with van der Waals surface area (Å²) in [6.07, 6.45) is -6.01. The van der Waals surface area contributed by atoms with Crippen LogP contribution < -0.4 is 10.1 Å². The molecule has 0 bridgehead atoms. The van der Waals surface area contributed by atoms with Crippen molar-refractivity contribution >= 4 is 0 Å². The summed E-state index contributed by atoms with van der Waals surface area (Å²) in [6.45, 7) is 2.71. The molecule has 10 heteroatoms. The number of nitrogens with one attached hydrogen (secondary N) is 1. The van der Waals surface area contributed by atoms with E-state index in [1.54, 1.807) is 7.11 Å². The minimum absolute atomic E-state index is 0.00114. The highest BCUT2D eigenvalue weighted by molar-refractivity contribution is 5.27. The Labute approximate surface area is 177 Å². The van der Waals surface area contributed by atoms with E-state index in [1.165, 1.54) is 0 Å². The second kappa shape index (κ2) is 16.4. The summed E-state index contributed by atoms with van der Waals surface area (Å²) in [6, 6.07) is 7.36. The molecule has 1 aromatic carbocycles. The van der Waals surface area contributed by atoms with Crippen molar-refractivity contribution in [3.63, 3.8) is 0 Å². The van der Waals surface area contributed by atoms with Crippen LogP contribution in [0.15, 0.2) is 24.3 Å². The van der Waals surface area contributed by atoms with Gasteiger partial charge in [-0.2, -0.15) is 0 Å². The number of hydrogen-bond acceptors (Lipinski definition) is 10. The van der Waals surface area contributed by atoms with Crippen molar-refractivity contribution in [2.75, 3.05) is 59.9 Å². The standard InChI is InChI=1S/C20H35NO9/c1-27-6-7-28-8-9-29-10-11-30-16-4-2-15(3-5-16)12-21-13-17(23)19(25)20(26)18(24)14-22/h2-5,17-26H,6-14H2,1H3. The molecular formula is C20H35NO9. The van der Waals surface area contributed by atoms with Gasteiger partial charge in [0.15, 0.2) is 0 Å². The lowest BCUT2D eigenvalue weighted by Gasteiger charge is -2.25. The van der Waals surface area contributed by atoms with Crippen LogP contribution in [-0.2, 0) is 20.8 Å². The fourth-order valence-electron chi connectivity index (χ4n) is 2.43. The lowest BCUT2D eigenvalue weighted by molar-refractivity contribution is -0.114. The van der Waals surface area contributed by atoms with Gasteiger partial charge in [-0.3, -0.25) is 0 Å². The summed E-state index contributed by atoms with van der Waals surface area (Å²) >= 11 is 0. The van der Waals surface area contributed by atoms with Crippen molar-refractivity contribution < 1.29 is 44.5 Å². The van der Waals surface area contributed by atoms with Crippen LogP contribution in [0.3, 0.4) is 0 Å². The number of methoxy groups -OCH3 is 1. The van der Waals surface area contributed by atoms with Crippen molar-refractivity contribution in [3.05, 3.63) is 29.8 Å². The third-order valence-electron chi connectivity index (χ3n) is 4.23. The van der Waals surface area contributed by atoms with Crippen molar-refractivity contribution in [2.45, 2.75) is 31.0 Å². The molecule has 4 atom stereocenters. The molecule has 0 fully saturated rings. The van der Waals surface area contributed by atoms with Crippen molar-refractivity contribution in [3.8, 4) is 5.75 Å². The van der Waals surface area contributed by atoms with Crippen LogP contribution >= 0.6 is 0 Å². The quantitative estimate of drug-likeness (QED) is 0.147. The lowest BCUT2D eigenvalue weighted by atomic mass is 10.0. The molecule has 0 radical (unpaired) electrons. The first-order chi connectivity index (χ1) is 14.5. The van der Waals surface area contributed by atoms with Crippen LogP contribution in [-0.4, -0.2) is 110 Å². The average Bonchev–Trinajstić information content (AvgIpc) is 2.77. The Balaban J connectivity index is 2.16. The van der Waals surface area contributed by atoms with Crippen molar-refractivity contribution in [1.82, 2.24) is 5.32 Å². The molecule has 0 saturated carbocycles. The van der Waals surface area contributed by atoms with Gasteiger partial charge in [0.2, 0.25) is 0 Å². The first-order valence-corrected chi connectivity index (χ1v) is 9.89. The van der Waals surface area contributed by atoms with Gasteiger partial charge in [-0.05, 0) is 17.7 Å². The monoisotopic (exact) mass is 433 g/mol. The zero-order chi connectivity index (χ0) is 22.2. The van der Waals surface area contributed by atoms with Gasteiger partial charge in [0.05, 0.1) is 45.7 Å². The molecule has 0 aliphatic heterocycles. The van der Waals surface area contributed by atoms with Gasteiger partial charge in [-0.15, -0.1) is 0 Å². The van der Waals surface area contributed by atoms with E-state index in [0.717, 1.165) is 5.56 Å². The van der Waals surface area contributed by atoms with Gasteiger partial charge in [-0.1, -0.05) is 12.1 Å². The molecule has 6 N–H and O–H groups in total. The maximum atomic E-state index is 9.86. The van der Waals surface area contributed by atoms with Gasteiger partial charge in [0.25, 0.3) is 0 Å². The highest BCUT2D eigenvalue weighted by Gasteiger charge is 2.29. The Morgan fingerprint density at radius 2 is 1.37 bits per heavy atom. The Morgan fingerprint density at radius 1 is 0.800 bits per heavy atom. The number of rotatable bonds is 18. The van der Waals surface area contributed by atoms with Crippen LogP contribution in [0.2, 0.25) is 0 Å². The Kier molecular flexibility index (Phi) is 14.6. The van der Waals surface area contributed by atoms with E-state index in [4.69, 9.17) is 24.1 Å². The van der Waals surface area contributed by atoms with Crippen LogP contribution in [0.1, 0.15) is 5.56 Å². The second-order valence-corrected chi connectivity index (χ2v) is 6.64. The summed E-state index contributed by atoms with van der Waals surface area (Å²) < 4.78 is 21.1. The minimum Gasteiger partial charge on any atom is -0.491 e. The molecule has 30 heavy (non-hydrogen) atoms. The van der Waals surface area contributed by atoms with E-state index in [0.29, 0.717) is 51.9 Å². The SMILES string of the molecule is COCCOCCOCCOc1ccc(CNCC(O)C(O)C(O)C(O)CO)cc1. The smallest absolute Gasteiger partial charge is 0.119 e. The number of aliphatic hydroxyl groups is 5. The van der Waals surface area contributed by atoms with E-state index in [2.05, 4.69) is 5.32 Å². The molecule has 0 amide bonds. The van der Waals surface area contributed by atoms with Gasteiger partial charge in [0.1, 0.15) is 30.7 Å². The van der Waals surface area contributed by atoms with Crippen molar-refractivity contribution in [1.29, 1.82) is 0 Å². The Morgan fingerprint density at radius 3 is 1.97 bits per heavy atom. The molecule has 0 aromatic heterocycles. The largest absolute Gasteiger partial charge is 0.491 e. The molecule has 10 nitrogen and oxygen atoms in total. The second-order valence-electron chi connectivity index (χ2n) is 6.64. The zero-order valence-corrected chi connectivity index (χ0v) is 17.4. The summed E-state index contributed by atoms with van der Waals surface area (Å²) in [5.41, 5.74) is 0.935. The summed E-state index contributed by atoms with van der Waals surface area (Å²) in [7, 11) is 1.62. The van der Waals surface area contributed by atoms with E-state index in [-0.39, 0.29) is 6.54 Å². The molecule has 1 aromatic rings. The van der Waals surface area contributed by atoms with E-state index in [9.17, 15) is 20.4 Å². The lowest BCUT2D eigenvalue weighted by Crippen LogP contribution is -2.48. The molecule has 1 rings (SSSR count). The molecular weight excluding hydrogens is 398 g/mol. The van der Waals surface area contributed by atoms with E-state index >= 15 is 0 Å². The molecule has 0 heterocycles. The number of hydrogen-bond donors (Lipinski definition) is 6. The third-order valence-corrected chi connectivity index (χ3v) is 4.23. The van der Waals surface area contributed by atoms with Gasteiger partial charge in [0, 0.05) is 20.2 Å².